The van der Waals surface area contributed by atoms with Gasteiger partial charge in [-0.25, -0.2) is 0 Å². The molecule has 1 aliphatic carbocycles. The van der Waals surface area contributed by atoms with Gasteiger partial charge >= 0.3 is 7.60 Å². The molecule has 0 aliphatic heterocycles. The monoisotopic (exact) mass is 282 g/mol. The third-order valence-corrected chi connectivity index (χ3v) is 6.18. The molecule has 3 nitrogen and oxygen atoms in total. The van der Waals surface area contributed by atoms with Crippen LogP contribution in [0.1, 0.15) is 49.5 Å². The molecule has 0 bridgehead atoms. The van der Waals surface area contributed by atoms with Crippen LogP contribution in [0.4, 0.5) is 0 Å². The summed E-state index contributed by atoms with van der Waals surface area (Å²) in [7, 11) is -3.06. The summed E-state index contributed by atoms with van der Waals surface area (Å²) in [5, 5.41) is 0. The Balaban J connectivity index is 2.26. The van der Waals surface area contributed by atoms with Gasteiger partial charge in [-0.15, -0.1) is 0 Å². The van der Waals surface area contributed by atoms with Gasteiger partial charge in [-0.05, 0) is 56.7 Å². The van der Waals surface area contributed by atoms with Crippen molar-refractivity contribution in [3.8, 4) is 0 Å². The molecular weight excluding hydrogens is 259 g/mol. The number of hydrogen-bond acceptors (Lipinski definition) is 3. The summed E-state index contributed by atoms with van der Waals surface area (Å²) in [6.45, 7) is 6.45. The highest BCUT2D eigenvalue weighted by molar-refractivity contribution is 7.54. The minimum atomic E-state index is -3.06. The van der Waals surface area contributed by atoms with Crippen LogP contribution in [-0.2, 0) is 26.5 Å². The van der Waals surface area contributed by atoms with Crippen molar-refractivity contribution >= 4 is 7.60 Å². The van der Waals surface area contributed by atoms with Crippen LogP contribution in [0.15, 0.2) is 18.2 Å². The fourth-order valence-electron chi connectivity index (χ4n) is 2.65. The molecule has 1 aromatic carbocycles. The minimum absolute atomic E-state index is 0.210. The summed E-state index contributed by atoms with van der Waals surface area (Å²) >= 11 is 0. The first-order chi connectivity index (χ1) is 9.10. The first-order valence-corrected chi connectivity index (χ1v) is 8.72. The van der Waals surface area contributed by atoms with Crippen molar-refractivity contribution in [2.24, 2.45) is 0 Å². The second-order valence-electron chi connectivity index (χ2n) is 4.93. The maximum atomic E-state index is 12.8. The van der Waals surface area contributed by atoms with Crippen molar-refractivity contribution in [1.82, 2.24) is 0 Å². The maximum Gasteiger partial charge on any atom is 0.337 e. The number of benzene rings is 1. The molecule has 0 fully saturated rings. The summed E-state index contributed by atoms with van der Waals surface area (Å²) in [5.74, 6) is 0. The van der Waals surface area contributed by atoms with E-state index in [2.05, 4.69) is 18.2 Å². The molecule has 1 atom stereocenters. The first-order valence-electron chi connectivity index (χ1n) is 7.11. The lowest BCUT2D eigenvalue weighted by atomic mass is 10.0. The number of aryl methyl sites for hydroxylation is 2. The smallest absolute Gasteiger partial charge is 0.308 e. The molecule has 0 radical (unpaired) electrons. The highest BCUT2D eigenvalue weighted by Crippen LogP contribution is 2.60. The quantitative estimate of drug-likeness (QED) is 0.720. The molecular formula is C15H23O3P. The Morgan fingerprint density at radius 2 is 1.79 bits per heavy atom. The van der Waals surface area contributed by atoms with Crippen LogP contribution < -0.4 is 0 Å². The van der Waals surface area contributed by atoms with E-state index in [0.717, 1.165) is 12.0 Å². The Labute approximate surface area is 115 Å². The summed E-state index contributed by atoms with van der Waals surface area (Å²) in [6, 6.07) is 6.41. The van der Waals surface area contributed by atoms with Gasteiger partial charge in [-0.1, -0.05) is 18.2 Å². The molecule has 1 aliphatic rings. The van der Waals surface area contributed by atoms with E-state index in [9.17, 15) is 4.57 Å². The van der Waals surface area contributed by atoms with Crippen LogP contribution in [0, 0.1) is 0 Å². The van der Waals surface area contributed by atoms with Gasteiger partial charge < -0.3 is 9.05 Å². The van der Waals surface area contributed by atoms with E-state index >= 15 is 0 Å². The molecule has 2 rings (SSSR count). The van der Waals surface area contributed by atoms with Crippen molar-refractivity contribution < 1.29 is 13.6 Å². The van der Waals surface area contributed by atoms with E-state index in [0.29, 0.717) is 13.2 Å². The van der Waals surface area contributed by atoms with Gasteiger partial charge in [0.2, 0.25) is 0 Å². The number of rotatable bonds is 6. The van der Waals surface area contributed by atoms with Gasteiger partial charge in [0.15, 0.2) is 0 Å². The average Bonchev–Trinajstić information content (AvgIpc) is 2.85. The Morgan fingerprint density at radius 3 is 2.42 bits per heavy atom. The highest BCUT2D eigenvalue weighted by atomic mass is 31.2. The SMILES string of the molecule is CCOP(=O)(OCC)C(C)c1ccc2c(c1)CCC2. The summed E-state index contributed by atoms with van der Waals surface area (Å²) in [6.07, 6.45) is 3.52. The molecule has 0 amide bonds. The fraction of sp³-hybridized carbons (Fsp3) is 0.600. The molecule has 1 unspecified atom stereocenters. The summed E-state index contributed by atoms with van der Waals surface area (Å²) in [4.78, 5) is 0. The minimum Gasteiger partial charge on any atom is -0.308 e. The molecule has 19 heavy (non-hydrogen) atoms. The molecule has 0 saturated carbocycles. The van der Waals surface area contributed by atoms with Gasteiger partial charge in [0.25, 0.3) is 0 Å². The zero-order valence-corrected chi connectivity index (χ0v) is 12.9. The van der Waals surface area contributed by atoms with Gasteiger partial charge in [0, 0.05) is 0 Å². The molecule has 0 aromatic heterocycles. The Bertz CT molecular complexity index is 474. The number of hydrogen-bond donors (Lipinski definition) is 0. The second-order valence-corrected chi connectivity index (χ2v) is 7.30. The Morgan fingerprint density at radius 1 is 1.16 bits per heavy atom. The highest BCUT2D eigenvalue weighted by Gasteiger charge is 2.33. The summed E-state index contributed by atoms with van der Waals surface area (Å²) < 4.78 is 23.6. The van der Waals surface area contributed by atoms with Crippen LogP contribution in [-0.4, -0.2) is 13.2 Å². The topological polar surface area (TPSA) is 35.5 Å². The van der Waals surface area contributed by atoms with Crippen LogP contribution in [0.25, 0.3) is 0 Å². The van der Waals surface area contributed by atoms with Crippen molar-refractivity contribution in [2.75, 3.05) is 13.2 Å². The lowest BCUT2D eigenvalue weighted by Gasteiger charge is -2.24. The predicted molar refractivity (Wildman–Crippen MR) is 77.7 cm³/mol. The molecule has 0 spiro atoms. The van der Waals surface area contributed by atoms with E-state index in [-0.39, 0.29) is 5.66 Å². The Hall–Kier alpha value is -0.630. The van der Waals surface area contributed by atoms with Gasteiger partial charge in [-0.3, -0.25) is 4.57 Å². The van der Waals surface area contributed by atoms with Crippen molar-refractivity contribution in [2.45, 2.75) is 45.7 Å². The van der Waals surface area contributed by atoms with E-state index < -0.39 is 7.60 Å². The van der Waals surface area contributed by atoms with Crippen LogP contribution in [0.2, 0.25) is 0 Å². The fourth-order valence-corrected chi connectivity index (χ4v) is 4.42. The molecule has 4 heteroatoms. The predicted octanol–water partition coefficient (Wildman–Crippen LogP) is 4.50. The average molecular weight is 282 g/mol. The Kier molecular flexibility index (Phi) is 4.83. The van der Waals surface area contributed by atoms with Crippen LogP contribution in [0.3, 0.4) is 0 Å². The van der Waals surface area contributed by atoms with Crippen molar-refractivity contribution in [3.63, 3.8) is 0 Å². The number of fused-ring (bicyclic) bond motifs is 1. The molecule has 0 saturated heterocycles. The van der Waals surface area contributed by atoms with E-state index in [4.69, 9.17) is 9.05 Å². The standard InChI is InChI=1S/C15H23O3P/c1-4-17-19(16,18-5-2)12(3)14-10-9-13-7-6-8-15(13)11-14/h9-12H,4-8H2,1-3H3. The van der Waals surface area contributed by atoms with E-state index in [1.54, 1.807) is 0 Å². The van der Waals surface area contributed by atoms with Gasteiger partial charge in [0.05, 0.1) is 18.9 Å². The first kappa shape index (κ1) is 14.8. The van der Waals surface area contributed by atoms with Crippen molar-refractivity contribution in [3.05, 3.63) is 34.9 Å². The zero-order valence-electron chi connectivity index (χ0n) is 12.0. The molecule has 1 aromatic rings. The van der Waals surface area contributed by atoms with Gasteiger partial charge in [-0.2, -0.15) is 0 Å². The maximum absolute atomic E-state index is 12.8. The van der Waals surface area contributed by atoms with Crippen molar-refractivity contribution in [1.29, 1.82) is 0 Å². The third kappa shape index (κ3) is 3.10. The van der Waals surface area contributed by atoms with E-state index in [1.165, 1.54) is 24.0 Å². The molecule has 0 N–H and O–H groups in total. The largest absolute Gasteiger partial charge is 0.337 e. The van der Waals surface area contributed by atoms with Crippen LogP contribution >= 0.6 is 7.60 Å². The lowest BCUT2D eigenvalue weighted by Crippen LogP contribution is -2.04. The van der Waals surface area contributed by atoms with E-state index in [1.807, 2.05) is 20.8 Å². The van der Waals surface area contributed by atoms with Crippen LogP contribution in [0.5, 0.6) is 0 Å². The normalized spacial score (nSPS) is 16.4. The second kappa shape index (κ2) is 6.21. The molecule has 0 heterocycles. The van der Waals surface area contributed by atoms with Gasteiger partial charge in [0.1, 0.15) is 0 Å². The summed E-state index contributed by atoms with van der Waals surface area (Å²) in [5.41, 5.74) is 3.67. The molecule has 106 valence electrons. The zero-order chi connectivity index (χ0) is 13.9. The third-order valence-electron chi connectivity index (χ3n) is 3.70. The lowest BCUT2D eigenvalue weighted by molar-refractivity contribution is 0.213.